The van der Waals surface area contributed by atoms with Crippen molar-refractivity contribution in [2.75, 3.05) is 31.6 Å². The van der Waals surface area contributed by atoms with E-state index in [0.29, 0.717) is 11.9 Å². The van der Waals surface area contributed by atoms with Crippen molar-refractivity contribution < 1.29 is 4.74 Å². The normalized spacial score (nSPS) is 20.9. The third-order valence-electron chi connectivity index (χ3n) is 2.70. The summed E-state index contributed by atoms with van der Waals surface area (Å²) >= 11 is 0. The molecule has 5 nitrogen and oxygen atoms in total. The molecule has 0 aromatic carbocycles. The quantitative estimate of drug-likeness (QED) is 0.793. The van der Waals surface area contributed by atoms with Crippen LogP contribution in [0, 0.1) is 6.92 Å². The van der Waals surface area contributed by atoms with Crippen LogP contribution in [-0.2, 0) is 0 Å². The first-order valence-corrected chi connectivity index (χ1v) is 5.57. The number of hydrogen-bond acceptors (Lipinski definition) is 5. The summed E-state index contributed by atoms with van der Waals surface area (Å²) in [7, 11) is 1.63. The van der Waals surface area contributed by atoms with E-state index in [1.165, 1.54) is 0 Å². The minimum Gasteiger partial charge on any atom is -0.481 e. The molecular formula is C11H18N4O. The van der Waals surface area contributed by atoms with Crippen LogP contribution in [0.2, 0.25) is 0 Å². The standard InChI is InChI=1S/C11H18N4O/c1-8-7-15(5-4-12-8)10-6-11(16-3)14-9(2)13-10/h6,8,12H,4-5,7H2,1-3H3/t8-/m0/s1. The molecule has 0 amide bonds. The van der Waals surface area contributed by atoms with Gasteiger partial charge in [0.05, 0.1) is 7.11 Å². The summed E-state index contributed by atoms with van der Waals surface area (Å²) in [6.45, 7) is 7.01. The summed E-state index contributed by atoms with van der Waals surface area (Å²) in [5.74, 6) is 2.34. The van der Waals surface area contributed by atoms with Gasteiger partial charge in [0.25, 0.3) is 0 Å². The number of rotatable bonds is 2. The lowest BCUT2D eigenvalue weighted by molar-refractivity contribution is 0.394. The van der Waals surface area contributed by atoms with Gasteiger partial charge in [-0.2, -0.15) is 4.98 Å². The van der Waals surface area contributed by atoms with E-state index in [0.717, 1.165) is 31.3 Å². The number of aromatic nitrogens is 2. The molecule has 2 heterocycles. The summed E-state index contributed by atoms with van der Waals surface area (Å²) in [5.41, 5.74) is 0. The molecule has 1 atom stereocenters. The van der Waals surface area contributed by atoms with E-state index in [9.17, 15) is 0 Å². The second-order valence-electron chi connectivity index (χ2n) is 4.12. The van der Waals surface area contributed by atoms with Gasteiger partial charge in [-0.05, 0) is 13.8 Å². The van der Waals surface area contributed by atoms with E-state index in [1.54, 1.807) is 7.11 Å². The molecule has 1 N–H and O–H groups in total. The monoisotopic (exact) mass is 222 g/mol. The number of anilines is 1. The fraction of sp³-hybridized carbons (Fsp3) is 0.636. The van der Waals surface area contributed by atoms with Crippen LogP contribution in [0.5, 0.6) is 5.88 Å². The fourth-order valence-corrected chi connectivity index (χ4v) is 1.93. The molecule has 0 aliphatic carbocycles. The highest BCUT2D eigenvalue weighted by molar-refractivity contribution is 5.42. The lowest BCUT2D eigenvalue weighted by atomic mass is 10.2. The second-order valence-corrected chi connectivity index (χ2v) is 4.12. The third-order valence-corrected chi connectivity index (χ3v) is 2.70. The van der Waals surface area contributed by atoms with Crippen molar-refractivity contribution in [3.05, 3.63) is 11.9 Å². The molecule has 0 spiro atoms. The van der Waals surface area contributed by atoms with E-state index in [2.05, 4.69) is 27.1 Å². The highest BCUT2D eigenvalue weighted by Crippen LogP contribution is 2.18. The predicted molar refractivity (Wildman–Crippen MR) is 63.0 cm³/mol. The molecule has 1 aliphatic rings. The van der Waals surface area contributed by atoms with E-state index in [-0.39, 0.29) is 0 Å². The van der Waals surface area contributed by atoms with Crippen LogP contribution < -0.4 is 15.0 Å². The number of ether oxygens (including phenoxy) is 1. The van der Waals surface area contributed by atoms with Crippen LogP contribution in [0.4, 0.5) is 5.82 Å². The van der Waals surface area contributed by atoms with Crippen molar-refractivity contribution in [1.82, 2.24) is 15.3 Å². The molecular weight excluding hydrogens is 204 g/mol. The number of nitrogens with one attached hydrogen (secondary N) is 1. The van der Waals surface area contributed by atoms with Gasteiger partial charge in [0.15, 0.2) is 0 Å². The zero-order chi connectivity index (χ0) is 11.5. The first-order valence-electron chi connectivity index (χ1n) is 5.57. The summed E-state index contributed by atoms with van der Waals surface area (Å²) in [4.78, 5) is 10.9. The Labute approximate surface area is 95.8 Å². The lowest BCUT2D eigenvalue weighted by Gasteiger charge is -2.32. The van der Waals surface area contributed by atoms with Gasteiger partial charge in [-0.1, -0.05) is 0 Å². The highest BCUT2D eigenvalue weighted by Gasteiger charge is 2.17. The number of methoxy groups -OCH3 is 1. The van der Waals surface area contributed by atoms with E-state index in [1.807, 2.05) is 13.0 Å². The van der Waals surface area contributed by atoms with Gasteiger partial charge in [0, 0.05) is 31.7 Å². The van der Waals surface area contributed by atoms with Gasteiger partial charge < -0.3 is 15.0 Å². The lowest BCUT2D eigenvalue weighted by Crippen LogP contribution is -2.49. The maximum absolute atomic E-state index is 5.16. The Kier molecular flexibility index (Phi) is 3.24. The minimum absolute atomic E-state index is 0.495. The first-order chi connectivity index (χ1) is 7.69. The maximum Gasteiger partial charge on any atom is 0.218 e. The van der Waals surface area contributed by atoms with Crippen molar-refractivity contribution in [3.8, 4) is 5.88 Å². The van der Waals surface area contributed by atoms with Crippen LogP contribution in [-0.4, -0.2) is 42.8 Å². The minimum atomic E-state index is 0.495. The Morgan fingerprint density at radius 2 is 2.31 bits per heavy atom. The Hall–Kier alpha value is -1.36. The Morgan fingerprint density at radius 1 is 1.50 bits per heavy atom. The van der Waals surface area contributed by atoms with Crippen LogP contribution in [0.3, 0.4) is 0 Å². The van der Waals surface area contributed by atoms with Gasteiger partial charge in [0.1, 0.15) is 11.6 Å². The molecule has 1 aromatic heterocycles. The van der Waals surface area contributed by atoms with Gasteiger partial charge >= 0.3 is 0 Å². The molecule has 0 radical (unpaired) electrons. The molecule has 0 saturated carbocycles. The van der Waals surface area contributed by atoms with Crippen LogP contribution >= 0.6 is 0 Å². The molecule has 1 fully saturated rings. The fourth-order valence-electron chi connectivity index (χ4n) is 1.93. The van der Waals surface area contributed by atoms with Crippen molar-refractivity contribution in [2.24, 2.45) is 0 Å². The Bertz CT molecular complexity index is 369. The van der Waals surface area contributed by atoms with Gasteiger partial charge in [-0.25, -0.2) is 4.98 Å². The highest BCUT2D eigenvalue weighted by atomic mass is 16.5. The van der Waals surface area contributed by atoms with Gasteiger partial charge in [-0.15, -0.1) is 0 Å². The number of aryl methyl sites for hydroxylation is 1. The Morgan fingerprint density at radius 3 is 3.00 bits per heavy atom. The molecule has 1 saturated heterocycles. The van der Waals surface area contributed by atoms with Gasteiger partial charge in [-0.3, -0.25) is 0 Å². The topological polar surface area (TPSA) is 50.3 Å². The zero-order valence-electron chi connectivity index (χ0n) is 10.0. The van der Waals surface area contributed by atoms with E-state index >= 15 is 0 Å². The summed E-state index contributed by atoms with van der Waals surface area (Å²) < 4.78 is 5.16. The maximum atomic E-state index is 5.16. The molecule has 1 aliphatic heterocycles. The average molecular weight is 222 g/mol. The Balaban J connectivity index is 2.21. The zero-order valence-corrected chi connectivity index (χ0v) is 10.0. The summed E-state index contributed by atoms with van der Waals surface area (Å²) in [6, 6.07) is 2.39. The smallest absolute Gasteiger partial charge is 0.218 e. The van der Waals surface area contributed by atoms with Crippen LogP contribution in [0.1, 0.15) is 12.7 Å². The van der Waals surface area contributed by atoms with Crippen LogP contribution in [0.25, 0.3) is 0 Å². The van der Waals surface area contributed by atoms with E-state index in [4.69, 9.17) is 4.74 Å². The molecule has 0 unspecified atom stereocenters. The number of piperazine rings is 1. The second kappa shape index (κ2) is 4.65. The van der Waals surface area contributed by atoms with Crippen molar-refractivity contribution >= 4 is 5.82 Å². The van der Waals surface area contributed by atoms with E-state index < -0.39 is 0 Å². The first kappa shape index (κ1) is 11.1. The third kappa shape index (κ3) is 2.41. The molecule has 1 aromatic rings. The van der Waals surface area contributed by atoms with Crippen molar-refractivity contribution in [2.45, 2.75) is 19.9 Å². The van der Waals surface area contributed by atoms with Crippen molar-refractivity contribution in [3.63, 3.8) is 0 Å². The molecule has 16 heavy (non-hydrogen) atoms. The molecule has 5 heteroatoms. The number of hydrogen-bond donors (Lipinski definition) is 1. The SMILES string of the molecule is COc1cc(N2CCN[C@@H](C)C2)nc(C)n1. The summed E-state index contributed by atoms with van der Waals surface area (Å²) in [5, 5.41) is 3.41. The van der Waals surface area contributed by atoms with Crippen molar-refractivity contribution in [1.29, 1.82) is 0 Å². The number of nitrogens with zero attached hydrogens (tertiary/aromatic N) is 3. The largest absolute Gasteiger partial charge is 0.481 e. The predicted octanol–water partition coefficient (Wildman–Crippen LogP) is 0.592. The van der Waals surface area contributed by atoms with Gasteiger partial charge in [0.2, 0.25) is 5.88 Å². The molecule has 0 bridgehead atoms. The van der Waals surface area contributed by atoms with Crippen LogP contribution in [0.15, 0.2) is 6.07 Å². The molecule has 2 rings (SSSR count). The average Bonchev–Trinajstić information content (AvgIpc) is 2.28. The summed E-state index contributed by atoms with van der Waals surface area (Å²) in [6.07, 6.45) is 0. The molecule has 88 valence electrons.